The molecule has 0 bridgehead atoms. The van der Waals surface area contributed by atoms with Gasteiger partial charge in [-0.05, 0) is 23.6 Å². The van der Waals surface area contributed by atoms with E-state index in [1.807, 2.05) is 57.8 Å². The zero-order valence-corrected chi connectivity index (χ0v) is 19.9. The van der Waals surface area contributed by atoms with E-state index in [1.165, 1.54) is 0 Å². The number of fused-ring (bicyclic) bond motifs is 3. The van der Waals surface area contributed by atoms with Crippen molar-refractivity contribution in [3.63, 3.8) is 0 Å². The third-order valence-electron chi connectivity index (χ3n) is 5.91. The first-order valence-electron chi connectivity index (χ1n) is 11.2. The van der Waals surface area contributed by atoms with Crippen LogP contribution in [0.3, 0.4) is 0 Å². The molecule has 1 saturated heterocycles. The lowest BCUT2D eigenvalue weighted by molar-refractivity contribution is -0.133. The van der Waals surface area contributed by atoms with Crippen LogP contribution in [0.1, 0.15) is 27.2 Å². The zero-order valence-electron chi connectivity index (χ0n) is 19.1. The van der Waals surface area contributed by atoms with E-state index in [0.29, 0.717) is 37.6 Å². The smallest absolute Gasteiger partial charge is 0.223 e. The maximum Gasteiger partial charge on any atom is 0.223 e. The van der Waals surface area contributed by atoms with Crippen molar-refractivity contribution in [2.75, 3.05) is 31.1 Å². The average Bonchev–Trinajstić information content (AvgIpc) is 3.23. The summed E-state index contributed by atoms with van der Waals surface area (Å²) in [6, 6.07) is 15.7. The van der Waals surface area contributed by atoms with Gasteiger partial charge in [0, 0.05) is 48.6 Å². The number of piperazine rings is 1. The minimum atomic E-state index is -0.0212. The molecule has 0 atom stereocenters. The zero-order chi connectivity index (χ0) is 23.2. The van der Waals surface area contributed by atoms with Gasteiger partial charge in [-0.15, -0.1) is 10.2 Å². The maximum atomic E-state index is 12.7. The van der Waals surface area contributed by atoms with E-state index in [9.17, 15) is 4.79 Å². The summed E-state index contributed by atoms with van der Waals surface area (Å²) in [6.07, 6.45) is 0.549. The van der Waals surface area contributed by atoms with Crippen LogP contribution >= 0.6 is 11.6 Å². The lowest BCUT2D eigenvalue weighted by Crippen LogP contribution is -2.50. The Balaban J connectivity index is 1.56. The Morgan fingerprint density at radius 2 is 1.73 bits per heavy atom. The van der Waals surface area contributed by atoms with Gasteiger partial charge in [-0.2, -0.15) is 0 Å². The van der Waals surface area contributed by atoms with Crippen LogP contribution in [0, 0.1) is 5.41 Å². The van der Waals surface area contributed by atoms with E-state index < -0.39 is 0 Å². The molecule has 1 fully saturated rings. The summed E-state index contributed by atoms with van der Waals surface area (Å²) in [4.78, 5) is 21.9. The predicted molar refractivity (Wildman–Crippen MR) is 132 cm³/mol. The first-order valence-corrected chi connectivity index (χ1v) is 11.6. The van der Waals surface area contributed by atoms with Crippen LogP contribution < -0.4 is 4.90 Å². The van der Waals surface area contributed by atoms with Crippen LogP contribution in [0.15, 0.2) is 48.5 Å². The SMILES string of the molecule is CC(C)(C)CC(=O)N1CCN(c2nc3cc(Cl)ccc3c3nnc(-c4ccccc4)n23)CC1. The van der Waals surface area contributed by atoms with Crippen molar-refractivity contribution in [2.24, 2.45) is 5.41 Å². The molecule has 0 radical (unpaired) electrons. The molecule has 0 unspecified atom stereocenters. The Labute approximate surface area is 198 Å². The topological polar surface area (TPSA) is 66.6 Å². The fraction of sp³-hybridized carbons (Fsp3) is 0.360. The molecule has 2 aromatic heterocycles. The highest BCUT2D eigenvalue weighted by atomic mass is 35.5. The quantitative estimate of drug-likeness (QED) is 0.442. The highest BCUT2D eigenvalue weighted by Crippen LogP contribution is 2.30. The van der Waals surface area contributed by atoms with Gasteiger partial charge < -0.3 is 9.80 Å². The second kappa shape index (κ2) is 8.30. The molecule has 8 heteroatoms. The average molecular weight is 463 g/mol. The number of benzene rings is 2. The number of halogens is 1. The van der Waals surface area contributed by atoms with Gasteiger partial charge in [0.1, 0.15) is 0 Å². The van der Waals surface area contributed by atoms with Gasteiger partial charge in [0.25, 0.3) is 0 Å². The summed E-state index contributed by atoms with van der Waals surface area (Å²) in [7, 11) is 0. The van der Waals surface area contributed by atoms with Gasteiger partial charge in [0.05, 0.1) is 5.52 Å². The van der Waals surface area contributed by atoms with Crippen molar-refractivity contribution in [2.45, 2.75) is 27.2 Å². The number of hydrogen-bond acceptors (Lipinski definition) is 5. The summed E-state index contributed by atoms with van der Waals surface area (Å²) >= 11 is 6.28. The summed E-state index contributed by atoms with van der Waals surface area (Å²) in [5.41, 5.74) is 2.48. The monoisotopic (exact) mass is 462 g/mol. The van der Waals surface area contributed by atoms with E-state index in [-0.39, 0.29) is 11.3 Å². The number of carbonyl (C=O) groups excluding carboxylic acids is 1. The van der Waals surface area contributed by atoms with Crippen molar-refractivity contribution in [3.05, 3.63) is 53.6 Å². The predicted octanol–water partition coefficient (Wildman–Crippen LogP) is 4.68. The normalized spacial score (nSPS) is 14.9. The van der Waals surface area contributed by atoms with Crippen LogP contribution in [0.2, 0.25) is 5.02 Å². The molecule has 1 amide bonds. The molecule has 4 aromatic rings. The number of amides is 1. The number of rotatable bonds is 3. The van der Waals surface area contributed by atoms with E-state index in [1.54, 1.807) is 0 Å². The second-order valence-corrected chi connectivity index (χ2v) is 10.2. The van der Waals surface area contributed by atoms with Gasteiger partial charge in [-0.1, -0.05) is 62.7 Å². The van der Waals surface area contributed by atoms with Crippen molar-refractivity contribution < 1.29 is 4.79 Å². The van der Waals surface area contributed by atoms with Gasteiger partial charge >= 0.3 is 0 Å². The number of hydrogen-bond donors (Lipinski definition) is 0. The molecule has 0 N–H and O–H groups in total. The molecule has 0 spiro atoms. The molecule has 1 aliphatic heterocycles. The molecular formula is C25H27ClN6O. The van der Waals surface area contributed by atoms with Gasteiger partial charge in [-0.25, -0.2) is 9.38 Å². The van der Waals surface area contributed by atoms with Crippen LogP contribution in [-0.2, 0) is 4.79 Å². The molecule has 7 nitrogen and oxygen atoms in total. The molecule has 0 saturated carbocycles. The molecule has 3 heterocycles. The van der Waals surface area contributed by atoms with Gasteiger partial charge in [0.15, 0.2) is 11.5 Å². The fourth-order valence-corrected chi connectivity index (χ4v) is 4.47. The number of carbonyl (C=O) groups is 1. The Hall–Kier alpha value is -3.19. The van der Waals surface area contributed by atoms with Crippen molar-refractivity contribution in [3.8, 4) is 11.4 Å². The Morgan fingerprint density at radius 1 is 1.00 bits per heavy atom. The maximum absolute atomic E-state index is 12.7. The van der Waals surface area contributed by atoms with Crippen molar-refractivity contribution in [1.82, 2.24) is 24.5 Å². The number of aromatic nitrogens is 4. The van der Waals surface area contributed by atoms with Crippen LogP contribution in [0.5, 0.6) is 0 Å². The van der Waals surface area contributed by atoms with E-state index in [4.69, 9.17) is 16.6 Å². The lowest BCUT2D eigenvalue weighted by atomic mass is 9.91. The minimum Gasteiger partial charge on any atom is -0.339 e. The van der Waals surface area contributed by atoms with Crippen LogP contribution in [0.25, 0.3) is 27.9 Å². The first kappa shape index (κ1) is 21.6. The summed E-state index contributed by atoms with van der Waals surface area (Å²) in [6.45, 7) is 8.99. The molecule has 0 aliphatic carbocycles. The first-order chi connectivity index (χ1) is 15.8. The highest BCUT2D eigenvalue weighted by Gasteiger charge is 2.27. The van der Waals surface area contributed by atoms with Crippen molar-refractivity contribution >= 4 is 40.0 Å². The fourth-order valence-electron chi connectivity index (χ4n) is 4.30. The largest absolute Gasteiger partial charge is 0.339 e. The Morgan fingerprint density at radius 3 is 2.42 bits per heavy atom. The molecule has 170 valence electrons. The van der Waals surface area contributed by atoms with Crippen LogP contribution in [-0.4, -0.2) is 56.6 Å². The van der Waals surface area contributed by atoms with Gasteiger partial charge in [0.2, 0.25) is 11.9 Å². The Kier molecular flexibility index (Phi) is 5.44. The molecule has 33 heavy (non-hydrogen) atoms. The standard InChI is InChI=1S/C25H27ClN6O/c1-25(2,3)16-21(33)30-11-13-31(14-12-30)24-27-20-15-18(26)9-10-19(20)23-29-28-22(32(23)24)17-7-5-4-6-8-17/h4-10,15H,11-14,16H2,1-3H3. The van der Waals surface area contributed by atoms with Gasteiger partial charge in [-0.3, -0.25) is 4.79 Å². The summed E-state index contributed by atoms with van der Waals surface area (Å²) < 4.78 is 2.03. The number of nitrogens with zero attached hydrogens (tertiary/aromatic N) is 6. The summed E-state index contributed by atoms with van der Waals surface area (Å²) in [5, 5.41) is 10.6. The van der Waals surface area contributed by atoms with Crippen LogP contribution in [0.4, 0.5) is 5.95 Å². The Bertz CT molecular complexity index is 1320. The second-order valence-electron chi connectivity index (χ2n) is 9.73. The third kappa shape index (κ3) is 4.25. The highest BCUT2D eigenvalue weighted by molar-refractivity contribution is 6.31. The van der Waals surface area contributed by atoms with E-state index in [0.717, 1.165) is 33.9 Å². The summed E-state index contributed by atoms with van der Waals surface area (Å²) in [5.74, 6) is 1.72. The van der Waals surface area contributed by atoms with Crippen molar-refractivity contribution in [1.29, 1.82) is 0 Å². The van der Waals surface area contributed by atoms with E-state index >= 15 is 0 Å². The molecule has 1 aliphatic rings. The van der Waals surface area contributed by atoms with E-state index in [2.05, 4.69) is 35.9 Å². The third-order valence-corrected chi connectivity index (χ3v) is 6.15. The minimum absolute atomic E-state index is 0.0212. The number of anilines is 1. The molecular weight excluding hydrogens is 436 g/mol. The lowest BCUT2D eigenvalue weighted by Gasteiger charge is -2.36. The molecule has 2 aromatic carbocycles. The molecule has 5 rings (SSSR count).